The first-order chi connectivity index (χ1) is 10.6. The van der Waals surface area contributed by atoms with Crippen LogP contribution in [0.15, 0.2) is 24.3 Å². The fourth-order valence-corrected chi connectivity index (χ4v) is 3.84. The van der Waals surface area contributed by atoms with Gasteiger partial charge in [0.25, 0.3) is 5.91 Å². The second-order valence-corrected chi connectivity index (χ2v) is 6.43. The van der Waals surface area contributed by atoms with Crippen molar-refractivity contribution in [2.75, 3.05) is 20.3 Å². The van der Waals surface area contributed by atoms with Gasteiger partial charge in [-0.3, -0.25) is 4.79 Å². The van der Waals surface area contributed by atoms with Gasteiger partial charge in [-0.15, -0.1) is 11.3 Å². The van der Waals surface area contributed by atoms with Crippen LogP contribution in [0.3, 0.4) is 0 Å². The summed E-state index contributed by atoms with van der Waals surface area (Å²) >= 11 is 1.43. The number of amides is 1. The van der Waals surface area contributed by atoms with E-state index in [2.05, 4.69) is 5.32 Å². The summed E-state index contributed by atoms with van der Waals surface area (Å²) in [6.45, 7) is 2.50. The lowest BCUT2D eigenvalue weighted by Gasteiger charge is -2.25. The molecule has 0 bridgehead atoms. The average Bonchev–Trinajstić information content (AvgIpc) is 3.13. The molecule has 22 heavy (non-hydrogen) atoms. The highest BCUT2D eigenvalue weighted by molar-refractivity contribution is 7.21. The number of benzene rings is 1. The van der Waals surface area contributed by atoms with Gasteiger partial charge in [0.2, 0.25) is 0 Å². The van der Waals surface area contributed by atoms with Gasteiger partial charge in [0.05, 0.1) is 18.6 Å². The average molecular weight is 319 g/mol. The number of carbonyl (C=O) groups is 2. The van der Waals surface area contributed by atoms with Crippen molar-refractivity contribution in [1.82, 2.24) is 5.32 Å². The minimum atomic E-state index is -1.07. The van der Waals surface area contributed by atoms with Crippen LogP contribution in [0.4, 0.5) is 0 Å². The normalized spacial score (nSPS) is 21.0. The predicted molar refractivity (Wildman–Crippen MR) is 84.2 cm³/mol. The van der Waals surface area contributed by atoms with Crippen LogP contribution >= 0.6 is 11.3 Å². The molecule has 1 aliphatic rings. The number of aryl methyl sites for hydroxylation is 1. The van der Waals surface area contributed by atoms with E-state index in [1.165, 1.54) is 18.4 Å². The van der Waals surface area contributed by atoms with Crippen LogP contribution in [-0.4, -0.2) is 37.7 Å². The van der Waals surface area contributed by atoms with E-state index in [0.717, 1.165) is 15.6 Å². The standard InChI is InChI=1S/C16H17NO4S/c1-10-11-5-3-4-6-12(11)22-13(10)14(18)17-16(15(19)20-2)7-8-21-9-16/h3-6H,7-9H2,1-2H3,(H,17,18)/t16-/m0/s1. The third-order valence-electron chi connectivity index (χ3n) is 4.00. The molecule has 0 aliphatic carbocycles. The molecule has 116 valence electrons. The van der Waals surface area contributed by atoms with E-state index < -0.39 is 11.5 Å². The van der Waals surface area contributed by atoms with Crippen molar-refractivity contribution < 1.29 is 19.1 Å². The second kappa shape index (κ2) is 5.70. The van der Waals surface area contributed by atoms with E-state index in [0.29, 0.717) is 17.9 Å². The lowest BCUT2D eigenvalue weighted by atomic mass is 9.98. The fraction of sp³-hybridized carbons (Fsp3) is 0.375. The number of fused-ring (bicyclic) bond motifs is 1. The molecule has 2 heterocycles. The van der Waals surface area contributed by atoms with E-state index in [9.17, 15) is 9.59 Å². The van der Waals surface area contributed by atoms with Gasteiger partial charge in [-0.05, 0) is 23.9 Å². The minimum Gasteiger partial charge on any atom is -0.467 e. The van der Waals surface area contributed by atoms with E-state index in [4.69, 9.17) is 9.47 Å². The number of ether oxygens (including phenoxy) is 2. The number of esters is 1. The lowest BCUT2D eigenvalue weighted by Crippen LogP contribution is -2.55. The Balaban J connectivity index is 1.92. The zero-order valence-electron chi connectivity index (χ0n) is 12.5. The first kappa shape index (κ1) is 15.0. The van der Waals surface area contributed by atoms with Crippen molar-refractivity contribution in [3.8, 4) is 0 Å². The van der Waals surface area contributed by atoms with Gasteiger partial charge in [-0.2, -0.15) is 0 Å². The van der Waals surface area contributed by atoms with Crippen LogP contribution in [0.25, 0.3) is 10.1 Å². The summed E-state index contributed by atoms with van der Waals surface area (Å²) in [5.74, 6) is -0.716. The molecule has 2 aromatic rings. The molecule has 1 atom stereocenters. The summed E-state index contributed by atoms with van der Waals surface area (Å²) in [6.07, 6.45) is 0.426. The van der Waals surface area contributed by atoms with Crippen molar-refractivity contribution in [3.63, 3.8) is 0 Å². The summed E-state index contributed by atoms with van der Waals surface area (Å²) in [7, 11) is 1.32. The topological polar surface area (TPSA) is 64.6 Å². The number of nitrogens with one attached hydrogen (secondary N) is 1. The molecule has 1 aromatic heterocycles. The van der Waals surface area contributed by atoms with Crippen LogP contribution in [0.2, 0.25) is 0 Å². The number of hydrogen-bond acceptors (Lipinski definition) is 5. The van der Waals surface area contributed by atoms with Gasteiger partial charge >= 0.3 is 5.97 Å². The van der Waals surface area contributed by atoms with Gasteiger partial charge in [-0.25, -0.2) is 4.79 Å². The smallest absolute Gasteiger partial charge is 0.334 e. The second-order valence-electron chi connectivity index (χ2n) is 5.38. The third-order valence-corrected chi connectivity index (χ3v) is 5.27. The molecule has 1 aliphatic heterocycles. The third kappa shape index (κ3) is 2.38. The van der Waals surface area contributed by atoms with Crippen LogP contribution < -0.4 is 5.32 Å². The largest absolute Gasteiger partial charge is 0.467 e. The van der Waals surface area contributed by atoms with Gasteiger partial charge < -0.3 is 14.8 Å². The van der Waals surface area contributed by atoms with Crippen LogP contribution in [0.5, 0.6) is 0 Å². The molecule has 0 unspecified atom stereocenters. The molecule has 6 heteroatoms. The van der Waals surface area contributed by atoms with Gasteiger partial charge in [-0.1, -0.05) is 18.2 Å². The molecule has 1 N–H and O–H groups in total. The van der Waals surface area contributed by atoms with Crippen molar-refractivity contribution in [2.24, 2.45) is 0 Å². The Bertz CT molecular complexity index is 731. The Labute approximate surface area is 132 Å². The molecule has 0 spiro atoms. The molecule has 1 amide bonds. The van der Waals surface area contributed by atoms with Crippen LogP contribution in [-0.2, 0) is 14.3 Å². The number of carbonyl (C=O) groups excluding carboxylic acids is 2. The zero-order chi connectivity index (χ0) is 15.7. The van der Waals surface area contributed by atoms with E-state index >= 15 is 0 Å². The van der Waals surface area contributed by atoms with Crippen LogP contribution in [0.1, 0.15) is 21.7 Å². The molecule has 3 rings (SSSR count). The van der Waals surface area contributed by atoms with Crippen LogP contribution in [0, 0.1) is 6.92 Å². The monoisotopic (exact) mass is 319 g/mol. The number of thiophene rings is 1. The Kier molecular flexibility index (Phi) is 3.88. The van der Waals surface area contributed by atoms with E-state index in [-0.39, 0.29) is 12.5 Å². The van der Waals surface area contributed by atoms with Crippen molar-refractivity contribution in [1.29, 1.82) is 0 Å². The summed E-state index contributed by atoms with van der Waals surface area (Å²) in [5.41, 5.74) is -0.147. The molecule has 1 aromatic carbocycles. The summed E-state index contributed by atoms with van der Waals surface area (Å²) in [6, 6.07) is 7.87. The Morgan fingerprint density at radius 3 is 2.77 bits per heavy atom. The van der Waals surface area contributed by atoms with Crippen molar-refractivity contribution >= 4 is 33.3 Å². The molecule has 5 nitrogen and oxygen atoms in total. The maximum atomic E-state index is 12.7. The van der Waals surface area contributed by atoms with E-state index in [1.807, 2.05) is 31.2 Å². The molecule has 1 saturated heterocycles. The maximum Gasteiger partial charge on any atom is 0.334 e. The predicted octanol–water partition coefficient (Wildman–Crippen LogP) is 2.27. The first-order valence-corrected chi connectivity index (χ1v) is 7.86. The number of hydrogen-bond donors (Lipinski definition) is 1. The zero-order valence-corrected chi connectivity index (χ0v) is 13.3. The molecular weight excluding hydrogens is 302 g/mol. The molecule has 0 radical (unpaired) electrons. The maximum absolute atomic E-state index is 12.7. The fourth-order valence-electron chi connectivity index (χ4n) is 2.74. The number of rotatable bonds is 3. The first-order valence-electron chi connectivity index (χ1n) is 7.04. The van der Waals surface area contributed by atoms with Crippen molar-refractivity contribution in [3.05, 3.63) is 34.7 Å². The van der Waals surface area contributed by atoms with E-state index in [1.54, 1.807) is 0 Å². The Hall–Kier alpha value is -1.92. The Morgan fingerprint density at radius 1 is 1.36 bits per heavy atom. The summed E-state index contributed by atoms with van der Waals surface area (Å²) < 4.78 is 11.2. The SMILES string of the molecule is COC(=O)[C@]1(NC(=O)c2sc3ccccc3c2C)CCOC1. The highest BCUT2D eigenvalue weighted by atomic mass is 32.1. The Morgan fingerprint density at radius 2 is 2.14 bits per heavy atom. The summed E-state index contributed by atoms with van der Waals surface area (Å²) in [5, 5.41) is 3.90. The minimum absolute atomic E-state index is 0.148. The lowest BCUT2D eigenvalue weighted by molar-refractivity contribution is -0.148. The molecule has 1 fully saturated rings. The molecular formula is C16H17NO4S. The summed E-state index contributed by atoms with van der Waals surface area (Å²) in [4.78, 5) is 25.3. The highest BCUT2D eigenvalue weighted by Gasteiger charge is 2.45. The van der Waals surface area contributed by atoms with Gasteiger partial charge in [0.15, 0.2) is 5.54 Å². The quantitative estimate of drug-likeness (QED) is 0.882. The van der Waals surface area contributed by atoms with Crippen molar-refractivity contribution in [2.45, 2.75) is 18.9 Å². The number of methoxy groups -OCH3 is 1. The van der Waals surface area contributed by atoms with Gasteiger partial charge in [0.1, 0.15) is 0 Å². The molecule has 0 saturated carbocycles. The highest BCUT2D eigenvalue weighted by Crippen LogP contribution is 2.31. The van der Waals surface area contributed by atoms with Gasteiger partial charge in [0, 0.05) is 17.7 Å².